The number of furan rings is 1. The van der Waals surface area contributed by atoms with Gasteiger partial charge in [0, 0.05) is 6.08 Å². The number of allylic oxidation sites excluding steroid dienone is 1. The first-order chi connectivity index (χ1) is 10.6. The highest BCUT2D eigenvalue weighted by Gasteiger charge is 2.40. The number of thioether (sulfide) groups is 1. The lowest BCUT2D eigenvalue weighted by Crippen LogP contribution is -2.25. The van der Waals surface area contributed by atoms with Gasteiger partial charge < -0.3 is 9.15 Å². The van der Waals surface area contributed by atoms with E-state index < -0.39 is 29.4 Å². The molecule has 0 spiro atoms. The van der Waals surface area contributed by atoms with Gasteiger partial charge in [-0.25, -0.2) is 0 Å². The van der Waals surface area contributed by atoms with E-state index in [-0.39, 0.29) is 24.3 Å². The molecule has 1 aliphatic heterocycles. The molecule has 128 valence electrons. The van der Waals surface area contributed by atoms with Gasteiger partial charge in [0.05, 0.1) is 11.8 Å². The maximum Gasteiger partial charge on any atom is 0.449 e. The third kappa shape index (κ3) is 4.46. The summed E-state index contributed by atoms with van der Waals surface area (Å²) in [6, 6.07) is 1.07. The SMILES string of the molecule is CSC1CN=C(/C=C(/c2ccc(C(F)(F)F)o2)C(F)(F)F)OC1. The van der Waals surface area contributed by atoms with Crippen LogP contribution in [0.2, 0.25) is 0 Å². The van der Waals surface area contributed by atoms with E-state index in [1.165, 1.54) is 11.8 Å². The number of nitrogens with zero attached hydrogens (tertiary/aromatic N) is 1. The maximum atomic E-state index is 13.1. The summed E-state index contributed by atoms with van der Waals surface area (Å²) in [5.74, 6) is -2.73. The Morgan fingerprint density at radius 1 is 1.26 bits per heavy atom. The maximum absolute atomic E-state index is 13.1. The van der Waals surface area contributed by atoms with Crippen LogP contribution in [0.5, 0.6) is 0 Å². The number of ether oxygens (including phenoxy) is 1. The normalized spacial score (nSPS) is 20.2. The highest BCUT2D eigenvalue weighted by atomic mass is 32.2. The van der Waals surface area contributed by atoms with Crippen molar-refractivity contribution < 1.29 is 35.5 Å². The number of halogens is 6. The second-order valence-corrected chi connectivity index (χ2v) is 5.70. The molecule has 0 amide bonds. The summed E-state index contributed by atoms with van der Waals surface area (Å²) in [5.41, 5.74) is -1.38. The topological polar surface area (TPSA) is 34.7 Å². The van der Waals surface area contributed by atoms with Crippen LogP contribution in [0.15, 0.2) is 27.6 Å². The first-order valence-corrected chi connectivity index (χ1v) is 7.56. The van der Waals surface area contributed by atoms with Crippen molar-refractivity contribution in [3.05, 3.63) is 29.7 Å². The zero-order valence-corrected chi connectivity index (χ0v) is 12.5. The summed E-state index contributed by atoms with van der Waals surface area (Å²) in [4.78, 5) is 3.85. The average molecular weight is 359 g/mol. The zero-order valence-electron chi connectivity index (χ0n) is 11.7. The molecule has 0 radical (unpaired) electrons. The van der Waals surface area contributed by atoms with Gasteiger partial charge in [-0.3, -0.25) is 4.99 Å². The van der Waals surface area contributed by atoms with E-state index in [1.807, 2.05) is 6.26 Å². The Morgan fingerprint density at radius 2 is 1.96 bits per heavy atom. The average Bonchev–Trinajstić information content (AvgIpc) is 2.93. The van der Waals surface area contributed by atoms with Crippen LogP contribution in [0.3, 0.4) is 0 Å². The number of aliphatic imine (C=N–C) groups is 1. The number of alkyl halides is 6. The van der Waals surface area contributed by atoms with Crippen LogP contribution in [-0.2, 0) is 10.9 Å². The lowest BCUT2D eigenvalue weighted by molar-refractivity contribution is -0.153. The Hall–Kier alpha value is -1.58. The molecular formula is C13H11F6NO2S. The third-order valence-electron chi connectivity index (χ3n) is 2.93. The molecule has 1 aliphatic rings. The van der Waals surface area contributed by atoms with Gasteiger partial charge in [0.25, 0.3) is 0 Å². The van der Waals surface area contributed by atoms with Crippen molar-refractivity contribution in [2.45, 2.75) is 17.6 Å². The fraction of sp³-hybridized carbons (Fsp3) is 0.462. The molecule has 23 heavy (non-hydrogen) atoms. The van der Waals surface area contributed by atoms with E-state index in [9.17, 15) is 26.3 Å². The third-order valence-corrected chi connectivity index (χ3v) is 3.88. The molecule has 2 rings (SSSR count). The van der Waals surface area contributed by atoms with Gasteiger partial charge in [-0.1, -0.05) is 0 Å². The van der Waals surface area contributed by atoms with Gasteiger partial charge in [-0.05, 0) is 18.4 Å². The van der Waals surface area contributed by atoms with Crippen LogP contribution in [0, 0.1) is 0 Å². The van der Waals surface area contributed by atoms with Gasteiger partial charge in [0.15, 0.2) is 0 Å². The molecule has 0 aromatic carbocycles. The summed E-state index contributed by atoms with van der Waals surface area (Å²) >= 11 is 1.46. The Kier molecular flexibility index (Phi) is 5.02. The van der Waals surface area contributed by atoms with Gasteiger partial charge in [-0.2, -0.15) is 38.1 Å². The summed E-state index contributed by atoms with van der Waals surface area (Å²) in [7, 11) is 0. The number of hydrogen-bond donors (Lipinski definition) is 0. The van der Waals surface area contributed by atoms with Gasteiger partial charge >= 0.3 is 12.4 Å². The van der Waals surface area contributed by atoms with Crippen LogP contribution in [-0.4, -0.2) is 36.7 Å². The molecular weight excluding hydrogens is 348 g/mol. The quantitative estimate of drug-likeness (QED) is 0.750. The van der Waals surface area contributed by atoms with Crippen molar-refractivity contribution in [3.8, 4) is 0 Å². The molecule has 0 N–H and O–H groups in total. The summed E-state index contributed by atoms with van der Waals surface area (Å²) in [6.45, 7) is 0.442. The van der Waals surface area contributed by atoms with Crippen LogP contribution < -0.4 is 0 Å². The lowest BCUT2D eigenvalue weighted by Gasteiger charge is -2.19. The second kappa shape index (κ2) is 6.50. The minimum absolute atomic E-state index is 0.0296. The standard InChI is InChI=1S/C13H11F6NO2S/c1-23-7-5-20-11(21-6-7)4-8(12(14,15)16)9-2-3-10(22-9)13(17,18)19/h2-4,7H,5-6H2,1H3/b8-4-. The lowest BCUT2D eigenvalue weighted by atomic mass is 10.2. The molecule has 1 aromatic heterocycles. The van der Waals surface area contributed by atoms with Crippen LogP contribution in [0.4, 0.5) is 26.3 Å². The van der Waals surface area contributed by atoms with Crippen molar-refractivity contribution in [1.82, 2.24) is 0 Å². The minimum Gasteiger partial charge on any atom is -0.477 e. The van der Waals surface area contributed by atoms with Crippen LogP contribution in [0.25, 0.3) is 5.57 Å². The Bertz CT molecular complexity index is 617. The van der Waals surface area contributed by atoms with E-state index >= 15 is 0 Å². The first kappa shape index (κ1) is 17.8. The molecule has 0 aliphatic carbocycles. The molecule has 0 fully saturated rings. The summed E-state index contributed by atoms with van der Waals surface area (Å²) in [5, 5.41) is 0.0296. The Balaban J connectivity index is 2.34. The Morgan fingerprint density at radius 3 is 2.39 bits per heavy atom. The molecule has 0 saturated heterocycles. The van der Waals surface area contributed by atoms with Crippen LogP contribution in [0.1, 0.15) is 11.5 Å². The largest absolute Gasteiger partial charge is 0.477 e. The fourth-order valence-electron chi connectivity index (χ4n) is 1.75. The minimum atomic E-state index is -4.91. The van der Waals surface area contributed by atoms with Crippen molar-refractivity contribution in [1.29, 1.82) is 0 Å². The molecule has 2 heterocycles. The highest BCUT2D eigenvalue weighted by molar-refractivity contribution is 7.99. The van der Waals surface area contributed by atoms with Crippen molar-refractivity contribution >= 4 is 23.2 Å². The van der Waals surface area contributed by atoms with Crippen LogP contribution >= 0.6 is 11.8 Å². The molecule has 1 aromatic rings. The molecule has 10 heteroatoms. The second-order valence-electron chi connectivity index (χ2n) is 4.57. The van der Waals surface area contributed by atoms with Gasteiger partial charge in [0.2, 0.25) is 11.7 Å². The van der Waals surface area contributed by atoms with E-state index in [1.54, 1.807) is 0 Å². The fourth-order valence-corrected chi connectivity index (χ4v) is 2.18. The van der Waals surface area contributed by atoms with E-state index in [0.29, 0.717) is 18.2 Å². The predicted octanol–water partition coefficient (Wildman–Crippen LogP) is 4.40. The molecule has 3 nitrogen and oxygen atoms in total. The number of rotatable bonds is 3. The molecule has 0 bridgehead atoms. The number of hydrogen-bond acceptors (Lipinski definition) is 4. The van der Waals surface area contributed by atoms with E-state index in [4.69, 9.17) is 4.74 Å². The van der Waals surface area contributed by atoms with Crippen molar-refractivity contribution in [2.75, 3.05) is 19.4 Å². The smallest absolute Gasteiger partial charge is 0.449 e. The Labute approximate surface area is 131 Å². The molecule has 1 atom stereocenters. The first-order valence-electron chi connectivity index (χ1n) is 6.27. The summed E-state index contributed by atoms with van der Waals surface area (Å²) in [6.07, 6.45) is -7.41. The molecule has 0 saturated carbocycles. The van der Waals surface area contributed by atoms with Gasteiger partial charge in [0.1, 0.15) is 17.9 Å². The van der Waals surface area contributed by atoms with Crippen molar-refractivity contribution in [3.63, 3.8) is 0 Å². The van der Waals surface area contributed by atoms with Gasteiger partial charge in [-0.15, -0.1) is 0 Å². The predicted molar refractivity (Wildman–Crippen MR) is 73.3 cm³/mol. The zero-order chi connectivity index (χ0) is 17.3. The van der Waals surface area contributed by atoms with E-state index in [2.05, 4.69) is 9.41 Å². The van der Waals surface area contributed by atoms with Crippen molar-refractivity contribution in [2.24, 2.45) is 4.99 Å². The van der Waals surface area contributed by atoms with E-state index in [0.717, 1.165) is 0 Å². The molecule has 1 unspecified atom stereocenters. The highest BCUT2D eigenvalue weighted by Crippen LogP contribution is 2.38. The summed E-state index contributed by atoms with van der Waals surface area (Å²) < 4.78 is 86.0. The monoisotopic (exact) mass is 359 g/mol.